The highest BCUT2D eigenvalue weighted by molar-refractivity contribution is 7.22. The minimum atomic E-state index is -0.457. The second-order valence-corrected chi connectivity index (χ2v) is 8.03. The average molecular weight is 431 g/mol. The molecule has 0 atom stereocenters. The number of aromatic nitrogens is 1. The minimum Gasteiger partial charge on any atom is -0.308 e. The monoisotopic (exact) mass is 430 g/mol. The van der Waals surface area contributed by atoms with Gasteiger partial charge in [0.15, 0.2) is 5.13 Å². The lowest BCUT2D eigenvalue weighted by molar-refractivity contribution is -0.384. The molecule has 0 saturated heterocycles. The number of rotatable bonds is 7. The number of fused-ring (bicyclic) bond motifs is 1. The summed E-state index contributed by atoms with van der Waals surface area (Å²) in [5.41, 5.74) is 1.50. The highest BCUT2D eigenvalue weighted by Gasteiger charge is 2.18. The molecule has 0 radical (unpaired) electrons. The highest BCUT2D eigenvalue weighted by Crippen LogP contribution is 2.31. The predicted molar refractivity (Wildman–Crippen MR) is 118 cm³/mol. The third-order valence-electron chi connectivity index (χ3n) is 4.13. The van der Waals surface area contributed by atoms with Gasteiger partial charge in [-0.2, -0.15) is 0 Å². The van der Waals surface area contributed by atoms with E-state index in [1.54, 1.807) is 29.2 Å². The van der Waals surface area contributed by atoms with Gasteiger partial charge in [-0.05, 0) is 56.1 Å². The zero-order chi connectivity index (χ0) is 21.0. The van der Waals surface area contributed by atoms with E-state index < -0.39 is 4.92 Å². The molecule has 0 fully saturated rings. The normalized spacial score (nSPS) is 11.4. The molecule has 0 N–H and O–H groups in total. The molecule has 3 rings (SSSR count). The van der Waals surface area contributed by atoms with E-state index in [0.29, 0.717) is 28.8 Å². The zero-order valence-corrected chi connectivity index (χ0v) is 17.5. The summed E-state index contributed by atoms with van der Waals surface area (Å²) in [4.78, 5) is 31.4. The van der Waals surface area contributed by atoms with E-state index in [4.69, 9.17) is 11.6 Å². The molecule has 0 aliphatic carbocycles. The molecule has 0 saturated carbocycles. The fourth-order valence-electron chi connectivity index (χ4n) is 2.57. The Morgan fingerprint density at radius 2 is 1.93 bits per heavy atom. The van der Waals surface area contributed by atoms with Gasteiger partial charge in [-0.15, -0.1) is 0 Å². The molecule has 1 amide bonds. The number of amides is 1. The maximum Gasteiger partial charge on any atom is 0.269 e. The number of nitrogens with zero attached hydrogens (tertiary/aromatic N) is 4. The number of hydrogen-bond acceptors (Lipinski definition) is 6. The Balaban J connectivity index is 1.84. The van der Waals surface area contributed by atoms with Gasteiger partial charge in [0.05, 0.1) is 15.1 Å². The summed E-state index contributed by atoms with van der Waals surface area (Å²) in [6.45, 7) is 1.15. The van der Waals surface area contributed by atoms with Crippen molar-refractivity contribution in [3.8, 4) is 0 Å². The summed E-state index contributed by atoms with van der Waals surface area (Å²) < 4.78 is 0.912. The Morgan fingerprint density at radius 3 is 2.59 bits per heavy atom. The van der Waals surface area contributed by atoms with Crippen LogP contribution in [0.3, 0.4) is 0 Å². The van der Waals surface area contributed by atoms with Crippen LogP contribution in [0.1, 0.15) is 5.56 Å². The van der Waals surface area contributed by atoms with Gasteiger partial charge in [0.25, 0.3) is 11.6 Å². The van der Waals surface area contributed by atoms with E-state index in [9.17, 15) is 14.9 Å². The number of non-ortho nitro benzene ring substituents is 1. The molecule has 3 aromatic rings. The van der Waals surface area contributed by atoms with Crippen molar-refractivity contribution in [3.05, 3.63) is 69.2 Å². The van der Waals surface area contributed by atoms with Crippen LogP contribution in [0, 0.1) is 10.1 Å². The van der Waals surface area contributed by atoms with E-state index in [0.717, 1.165) is 10.2 Å². The third kappa shape index (κ3) is 5.38. The molecule has 1 heterocycles. The molecule has 150 valence electrons. The van der Waals surface area contributed by atoms with Crippen molar-refractivity contribution < 1.29 is 9.72 Å². The van der Waals surface area contributed by atoms with Crippen LogP contribution in [-0.4, -0.2) is 47.9 Å². The first kappa shape index (κ1) is 20.9. The Morgan fingerprint density at radius 1 is 1.21 bits per heavy atom. The minimum absolute atomic E-state index is 0.00854. The van der Waals surface area contributed by atoms with Crippen LogP contribution in [0.15, 0.2) is 48.5 Å². The van der Waals surface area contributed by atoms with E-state index in [1.165, 1.54) is 29.5 Å². The number of carbonyl (C=O) groups is 1. The van der Waals surface area contributed by atoms with E-state index in [1.807, 2.05) is 31.1 Å². The fourth-order valence-corrected chi connectivity index (χ4v) is 3.84. The van der Waals surface area contributed by atoms with Gasteiger partial charge in [0, 0.05) is 36.3 Å². The van der Waals surface area contributed by atoms with Gasteiger partial charge < -0.3 is 4.90 Å². The lowest BCUT2D eigenvalue weighted by atomic mass is 10.2. The topological polar surface area (TPSA) is 79.6 Å². The van der Waals surface area contributed by atoms with Gasteiger partial charge in [-0.1, -0.05) is 22.9 Å². The van der Waals surface area contributed by atoms with Crippen molar-refractivity contribution in [1.29, 1.82) is 0 Å². The number of halogens is 1. The standard InChI is InChI=1S/C20H19ClN4O3S/c1-23(2)11-12-24(20-22-17-9-6-15(21)13-18(17)29-20)19(26)10-5-14-3-7-16(8-4-14)25(27)28/h3-10,13H,11-12H2,1-2H3. The summed E-state index contributed by atoms with van der Waals surface area (Å²) in [7, 11) is 3.88. The van der Waals surface area contributed by atoms with Crippen molar-refractivity contribution in [2.45, 2.75) is 0 Å². The molecule has 2 aromatic carbocycles. The molecule has 0 aliphatic rings. The average Bonchev–Trinajstić information content (AvgIpc) is 3.09. The lowest BCUT2D eigenvalue weighted by Crippen LogP contribution is -2.35. The number of carbonyl (C=O) groups excluding carboxylic acids is 1. The summed E-state index contributed by atoms with van der Waals surface area (Å²) in [5, 5.41) is 12.0. The quantitative estimate of drug-likeness (QED) is 0.314. The molecule has 29 heavy (non-hydrogen) atoms. The van der Waals surface area contributed by atoms with Crippen LogP contribution >= 0.6 is 22.9 Å². The van der Waals surface area contributed by atoms with Crippen molar-refractivity contribution in [1.82, 2.24) is 9.88 Å². The molecule has 0 aliphatic heterocycles. The van der Waals surface area contributed by atoms with E-state index in [-0.39, 0.29) is 11.6 Å². The number of anilines is 1. The maximum atomic E-state index is 12.9. The second kappa shape index (κ2) is 9.13. The Hall–Kier alpha value is -2.81. The van der Waals surface area contributed by atoms with Gasteiger partial charge in [-0.25, -0.2) is 4.98 Å². The summed E-state index contributed by atoms with van der Waals surface area (Å²) in [5.74, 6) is -0.213. The van der Waals surface area contributed by atoms with Gasteiger partial charge in [-0.3, -0.25) is 19.8 Å². The zero-order valence-electron chi connectivity index (χ0n) is 15.9. The largest absolute Gasteiger partial charge is 0.308 e. The molecule has 7 nitrogen and oxygen atoms in total. The highest BCUT2D eigenvalue weighted by atomic mass is 35.5. The van der Waals surface area contributed by atoms with Crippen LogP contribution in [-0.2, 0) is 4.79 Å². The molecular weight excluding hydrogens is 412 g/mol. The van der Waals surface area contributed by atoms with Crippen molar-refractivity contribution in [2.75, 3.05) is 32.1 Å². The first-order valence-corrected chi connectivity index (χ1v) is 9.98. The lowest BCUT2D eigenvalue weighted by Gasteiger charge is -2.20. The molecule has 1 aromatic heterocycles. The molecule has 0 spiro atoms. The number of hydrogen-bond donors (Lipinski definition) is 0. The van der Waals surface area contributed by atoms with Crippen molar-refractivity contribution >= 4 is 56.0 Å². The summed E-state index contributed by atoms with van der Waals surface area (Å²) >= 11 is 7.47. The number of thiazole rings is 1. The summed E-state index contributed by atoms with van der Waals surface area (Å²) in [6.07, 6.45) is 3.09. The third-order valence-corrected chi connectivity index (χ3v) is 5.41. The van der Waals surface area contributed by atoms with Crippen LogP contribution in [0.4, 0.5) is 10.8 Å². The molecule has 0 unspecified atom stereocenters. The smallest absolute Gasteiger partial charge is 0.269 e. The number of likely N-dealkylation sites (N-methyl/N-ethyl adjacent to an activating group) is 1. The van der Waals surface area contributed by atoms with E-state index >= 15 is 0 Å². The Bertz CT molecular complexity index is 1060. The first-order valence-electron chi connectivity index (χ1n) is 8.78. The molecule has 9 heteroatoms. The van der Waals surface area contributed by atoms with Gasteiger partial charge in [0.1, 0.15) is 0 Å². The van der Waals surface area contributed by atoms with Crippen LogP contribution in [0.5, 0.6) is 0 Å². The number of nitro benzene ring substituents is 1. The molecule has 0 bridgehead atoms. The maximum absolute atomic E-state index is 12.9. The van der Waals surface area contributed by atoms with E-state index in [2.05, 4.69) is 4.98 Å². The first-order chi connectivity index (χ1) is 13.8. The second-order valence-electron chi connectivity index (χ2n) is 6.58. The van der Waals surface area contributed by atoms with Crippen LogP contribution in [0.25, 0.3) is 16.3 Å². The van der Waals surface area contributed by atoms with Crippen LogP contribution < -0.4 is 4.90 Å². The number of benzene rings is 2. The Kier molecular flexibility index (Phi) is 6.58. The van der Waals surface area contributed by atoms with Gasteiger partial charge >= 0.3 is 0 Å². The fraction of sp³-hybridized carbons (Fsp3) is 0.200. The molecular formula is C20H19ClN4O3S. The number of nitro groups is 1. The van der Waals surface area contributed by atoms with Crippen molar-refractivity contribution in [3.63, 3.8) is 0 Å². The SMILES string of the molecule is CN(C)CCN(C(=O)C=Cc1ccc([N+](=O)[O-])cc1)c1nc2ccc(Cl)cc2s1. The van der Waals surface area contributed by atoms with Gasteiger partial charge in [0.2, 0.25) is 0 Å². The summed E-state index contributed by atoms with van der Waals surface area (Å²) in [6, 6.07) is 11.5. The Labute approximate surface area is 177 Å². The predicted octanol–water partition coefficient (Wildman–Crippen LogP) is 4.47. The van der Waals surface area contributed by atoms with Crippen LogP contribution in [0.2, 0.25) is 5.02 Å². The van der Waals surface area contributed by atoms with Crippen molar-refractivity contribution in [2.24, 2.45) is 0 Å².